The molecule has 6 heteroatoms. The Labute approximate surface area is 153 Å². The van der Waals surface area contributed by atoms with E-state index in [9.17, 15) is 9.59 Å². The number of pyridine rings is 1. The van der Waals surface area contributed by atoms with Gasteiger partial charge in [-0.2, -0.15) is 0 Å². The number of carbonyl (C=O) groups is 2. The summed E-state index contributed by atoms with van der Waals surface area (Å²) < 4.78 is 0. The number of nitrogens with one attached hydrogen (secondary N) is 1. The van der Waals surface area contributed by atoms with Gasteiger partial charge in [-0.15, -0.1) is 0 Å². The van der Waals surface area contributed by atoms with Gasteiger partial charge in [0.05, 0.1) is 11.9 Å². The smallest absolute Gasteiger partial charge is 0.270 e. The summed E-state index contributed by atoms with van der Waals surface area (Å²) in [4.78, 5) is 32.0. The van der Waals surface area contributed by atoms with E-state index in [2.05, 4.69) is 15.2 Å². The molecule has 1 saturated heterocycles. The summed E-state index contributed by atoms with van der Waals surface area (Å²) in [5.74, 6) is -0.0677. The fraction of sp³-hybridized carbons (Fsp3) is 0.350. The van der Waals surface area contributed by atoms with Crippen LogP contribution in [0.25, 0.3) is 0 Å². The first-order valence-electron chi connectivity index (χ1n) is 8.83. The van der Waals surface area contributed by atoms with E-state index in [1.807, 2.05) is 42.2 Å². The number of piperazine rings is 1. The van der Waals surface area contributed by atoms with E-state index in [0.717, 1.165) is 24.3 Å². The molecule has 0 aliphatic carbocycles. The molecule has 2 aromatic rings. The maximum Gasteiger partial charge on any atom is 0.270 e. The lowest BCUT2D eigenvalue weighted by molar-refractivity contribution is -0.129. The predicted octanol–water partition coefficient (Wildman–Crippen LogP) is 1.99. The van der Waals surface area contributed by atoms with Crippen LogP contribution in [0.4, 0.5) is 5.69 Å². The number of hydrogen-bond donors (Lipinski definition) is 1. The molecule has 0 spiro atoms. The maximum atomic E-state index is 12.3. The number of aromatic nitrogens is 1. The van der Waals surface area contributed by atoms with Gasteiger partial charge >= 0.3 is 0 Å². The largest absolute Gasteiger partial charge is 0.367 e. The molecule has 1 aromatic heterocycles. The highest BCUT2D eigenvalue weighted by Crippen LogP contribution is 2.16. The molecule has 2 amide bonds. The van der Waals surface area contributed by atoms with Gasteiger partial charge in [0.2, 0.25) is 5.91 Å². The molecule has 2 heterocycles. The van der Waals surface area contributed by atoms with Gasteiger partial charge in [-0.25, -0.2) is 4.98 Å². The molecule has 0 unspecified atom stereocenters. The third-order valence-corrected chi connectivity index (χ3v) is 4.64. The van der Waals surface area contributed by atoms with Crippen LogP contribution in [-0.2, 0) is 11.3 Å². The second kappa shape index (κ2) is 7.99. The van der Waals surface area contributed by atoms with Crippen molar-refractivity contribution < 1.29 is 9.59 Å². The molecule has 3 rings (SSSR count). The van der Waals surface area contributed by atoms with Crippen molar-refractivity contribution in [3.63, 3.8) is 0 Å². The zero-order valence-corrected chi connectivity index (χ0v) is 15.2. The van der Waals surface area contributed by atoms with Crippen molar-refractivity contribution in [2.24, 2.45) is 0 Å². The van der Waals surface area contributed by atoms with E-state index in [1.165, 1.54) is 5.56 Å². The molecule has 0 bridgehead atoms. The Bertz CT molecular complexity index is 763. The van der Waals surface area contributed by atoms with Crippen molar-refractivity contribution >= 4 is 17.5 Å². The van der Waals surface area contributed by atoms with Crippen LogP contribution >= 0.6 is 0 Å². The first kappa shape index (κ1) is 17.9. The van der Waals surface area contributed by atoms with Crippen LogP contribution in [0.15, 0.2) is 42.6 Å². The minimum atomic E-state index is -0.182. The van der Waals surface area contributed by atoms with Crippen LogP contribution in [-0.4, -0.2) is 47.9 Å². The number of aryl methyl sites for hydroxylation is 1. The van der Waals surface area contributed by atoms with Gasteiger partial charge < -0.3 is 15.1 Å². The van der Waals surface area contributed by atoms with Crippen LogP contribution in [0.1, 0.15) is 28.5 Å². The van der Waals surface area contributed by atoms with Gasteiger partial charge in [0.15, 0.2) is 0 Å². The number of hydrogen-bond acceptors (Lipinski definition) is 4. The van der Waals surface area contributed by atoms with Crippen molar-refractivity contribution in [3.8, 4) is 0 Å². The SMILES string of the molecule is CC(=O)N1CCN(c2ccc(C(=O)NCc3ccc(C)cc3)nc2)CC1. The summed E-state index contributed by atoms with van der Waals surface area (Å²) in [7, 11) is 0. The number of benzene rings is 1. The summed E-state index contributed by atoms with van der Waals surface area (Å²) >= 11 is 0. The van der Waals surface area contributed by atoms with E-state index in [4.69, 9.17) is 0 Å². The highest BCUT2D eigenvalue weighted by atomic mass is 16.2. The zero-order valence-electron chi connectivity index (χ0n) is 15.2. The second-order valence-corrected chi connectivity index (χ2v) is 6.56. The van der Waals surface area contributed by atoms with Gasteiger partial charge in [-0.05, 0) is 24.6 Å². The van der Waals surface area contributed by atoms with Crippen molar-refractivity contribution in [2.45, 2.75) is 20.4 Å². The van der Waals surface area contributed by atoms with E-state index in [-0.39, 0.29) is 11.8 Å². The number of carbonyl (C=O) groups excluding carboxylic acids is 2. The Kier molecular flexibility index (Phi) is 5.51. The highest BCUT2D eigenvalue weighted by Gasteiger charge is 2.19. The Balaban J connectivity index is 1.54. The topological polar surface area (TPSA) is 65.5 Å². The molecule has 1 aromatic carbocycles. The summed E-state index contributed by atoms with van der Waals surface area (Å²) in [6, 6.07) is 11.7. The lowest BCUT2D eigenvalue weighted by atomic mass is 10.1. The van der Waals surface area contributed by atoms with Crippen molar-refractivity contribution in [3.05, 3.63) is 59.4 Å². The van der Waals surface area contributed by atoms with Gasteiger partial charge in [0.25, 0.3) is 5.91 Å². The molecular weight excluding hydrogens is 328 g/mol. The minimum absolute atomic E-state index is 0.114. The third-order valence-electron chi connectivity index (χ3n) is 4.64. The van der Waals surface area contributed by atoms with E-state index >= 15 is 0 Å². The Morgan fingerprint density at radius 1 is 1.04 bits per heavy atom. The molecular formula is C20H24N4O2. The van der Waals surface area contributed by atoms with E-state index in [0.29, 0.717) is 25.3 Å². The molecule has 26 heavy (non-hydrogen) atoms. The normalized spacial score (nSPS) is 14.2. The average molecular weight is 352 g/mol. The van der Waals surface area contributed by atoms with E-state index in [1.54, 1.807) is 19.2 Å². The van der Waals surface area contributed by atoms with Gasteiger partial charge in [-0.3, -0.25) is 9.59 Å². The number of anilines is 1. The molecule has 0 saturated carbocycles. The van der Waals surface area contributed by atoms with Crippen LogP contribution < -0.4 is 10.2 Å². The zero-order chi connectivity index (χ0) is 18.5. The highest BCUT2D eigenvalue weighted by molar-refractivity contribution is 5.92. The van der Waals surface area contributed by atoms with Gasteiger partial charge in [0, 0.05) is 39.6 Å². The fourth-order valence-corrected chi connectivity index (χ4v) is 2.97. The summed E-state index contributed by atoms with van der Waals surface area (Å²) in [5.41, 5.74) is 3.64. The van der Waals surface area contributed by atoms with E-state index < -0.39 is 0 Å². The molecule has 1 aliphatic heterocycles. The van der Waals surface area contributed by atoms with Crippen molar-refractivity contribution in [1.29, 1.82) is 0 Å². The lowest BCUT2D eigenvalue weighted by Crippen LogP contribution is -2.48. The first-order valence-corrected chi connectivity index (χ1v) is 8.83. The summed E-state index contributed by atoms with van der Waals surface area (Å²) in [6.07, 6.45) is 1.73. The van der Waals surface area contributed by atoms with Crippen molar-refractivity contribution in [1.82, 2.24) is 15.2 Å². The van der Waals surface area contributed by atoms with Gasteiger partial charge in [0.1, 0.15) is 5.69 Å². The third kappa shape index (κ3) is 4.39. The average Bonchev–Trinajstić information content (AvgIpc) is 2.67. The molecule has 1 aliphatic rings. The summed E-state index contributed by atoms with van der Waals surface area (Å²) in [5, 5.41) is 2.89. The predicted molar refractivity (Wildman–Crippen MR) is 101 cm³/mol. The van der Waals surface area contributed by atoms with Gasteiger partial charge in [-0.1, -0.05) is 29.8 Å². The molecule has 6 nitrogen and oxygen atoms in total. The quantitative estimate of drug-likeness (QED) is 0.914. The second-order valence-electron chi connectivity index (χ2n) is 6.56. The maximum absolute atomic E-state index is 12.3. The molecule has 0 atom stereocenters. The van der Waals surface area contributed by atoms with Crippen LogP contribution in [0.5, 0.6) is 0 Å². The summed E-state index contributed by atoms with van der Waals surface area (Å²) in [6.45, 7) is 7.10. The number of amides is 2. The lowest BCUT2D eigenvalue weighted by Gasteiger charge is -2.35. The molecule has 136 valence electrons. The van der Waals surface area contributed by atoms with Crippen LogP contribution in [0.2, 0.25) is 0 Å². The first-order chi connectivity index (χ1) is 12.5. The molecule has 1 fully saturated rings. The Morgan fingerprint density at radius 2 is 1.73 bits per heavy atom. The number of nitrogens with zero attached hydrogens (tertiary/aromatic N) is 3. The Hall–Kier alpha value is -2.89. The van der Waals surface area contributed by atoms with Crippen LogP contribution in [0.3, 0.4) is 0 Å². The molecule has 1 N–H and O–H groups in total. The van der Waals surface area contributed by atoms with Crippen LogP contribution in [0, 0.1) is 6.92 Å². The minimum Gasteiger partial charge on any atom is -0.367 e. The fourth-order valence-electron chi connectivity index (χ4n) is 2.97. The number of rotatable bonds is 4. The standard InChI is InChI=1S/C20H24N4O2/c1-15-3-5-17(6-4-15)13-22-20(26)19-8-7-18(14-21-19)24-11-9-23(10-12-24)16(2)25/h3-8,14H,9-13H2,1-2H3,(H,22,26). The molecule has 0 radical (unpaired) electrons. The Morgan fingerprint density at radius 3 is 2.31 bits per heavy atom. The monoisotopic (exact) mass is 352 g/mol. The van der Waals surface area contributed by atoms with Crippen molar-refractivity contribution in [2.75, 3.05) is 31.1 Å².